The fourth-order valence-electron chi connectivity index (χ4n) is 5.18. The summed E-state index contributed by atoms with van der Waals surface area (Å²) in [4.78, 5) is 24.6. The van der Waals surface area contributed by atoms with E-state index >= 15 is 0 Å². The number of ether oxygens (including phenoxy) is 1. The van der Waals surface area contributed by atoms with Crippen LogP contribution in [0, 0.1) is 18.8 Å². The first-order valence-corrected chi connectivity index (χ1v) is 13.2. The molecule has 2 aromatic heterocycles. The van der Waals surface area contributed by atoms with Crippen LogP contribution in [0.3, 0.4) is 0 Å². The van der Waals surface area contributed by atoms with E-state index in [0.717, 1.165) is 68.1 Å². The lowest BCUT2D eigenvalue weighted by Gasteiger charge is -2.30. The van der Waals surface area contributed by atoms with E-state index in [2.05, 4.69) is 20.0 Å². The number of alkyl halides is 3. The predicted molar refractivity (Wildman–Crippen MR) is 127 cm³/mol. The van der Waals surface area contributed by atoms with Crippen LogP contribution in [-0.4, -0.2) is 62.8 Å². The first-order valence-electron chi connectivity index (χ1n) is 12.4. The van der Waals surface area contributed by atoms with E-state index in [9.17, 15) is 18.0 Å². The highest BCUT2D eigenvalue weighted by Crippen LogP contribution is 2.34. The summed E-state index contributed by atoms with van der Waals surface area (Å²) in [5.41, 5.74) is 0.885. The van der Waals surface area contributed by atoms with Crippen LogP contribution in [0.4, 0.5) is 13.2 Å². The van der Waals surface area contributed by atoms with Gasteiger partial charge in [-0.25, -0.2) is 9.97 Å². The van der Waals surface area contributed by atoms with Gasteiger partial charge in [0.1, 0.15) is 17.4 Å². The maximum atomic E-state index is 12.5. The smallest absolute Gasteiger partial charge is 0.422 e. The van der Waals surface area contributed by atoms with E-state index < -0.39 is 12.8 Å². The fourth-order valence-corrected chi connectivity index (χ4v) is 6.13. The largest absolute Gasteiger partial charge is 0.460 e. The minimum absolute atomic E-state index is 0.128. The lowest BCUT2D eigenvalue weighted by Crippen LogP contribution is -2.30. The number of nitrogens with zero attached hydrogens (tertiary/aromatic N) is 5. The molecule has 1 aliphatic heterocycles. The van der Waals surface area contributed by atoms with Gasteiger partial charge >= 0.3 is 6.18 Å². The minimum Gasteiger partial charge on any atom is -0.460 e. The van der Waals surface area contributed by atoms with Crippen LogP contribution in [0.2, 0.25) is 0 Å². The molecule has 1 saturated carbocycles. The van der Waals surface area contributed by atoms with Crippen molar-refractivity contribution in [2.75, 3.05) is 26.2 Å². The summed E-state index contributed by atoms with van der Waals surface area (Å²) in [6.07, 6.45) is 3.92. The summed E-state index contributed by atoms with van der Waals surface area (Å²) in [5.74, 6) is 2.87. The lowest BCUT2D eigenvalue weighted by atomic mass is 9.78. The highest BCUT2D eigenvalue weighted by Gasteiger charge is 2.30. The molecule has 0 N–H and O–H groups in total. The molecule has 11 heteroatoms. The van der Waals surface area contributed by atoms with Gasteiger partial charge in [0.15, 0.2) is 6.61 Å². The molecule has 4 rings (SSSR count). The molecule has 7 nitrogen and oxygen atoms in total. The third kappa shape index (κ3) is 7.73. The van der Waals surface area contributed by atoms with Gasteiger partial charge in [-0.15, -0.1) is 0 Å². The molecule has 0 amide bonds. The molecule has 2 aromatic rings. The van der Waals surface area contributed by atoms with Crippen LogP contribution in [-0.2, 0) is 31.1 Å². The topological polar surface area (TPSA) is 73.1 Å². The lowest BCUT2D eigenvalue weighted by molar-refractivity contribution is -0.153. The van der Waals surface area contributed by atoms with E-state index in [1.54, 1.807) is 4.68 Å². The average molecular weight is 514 g/mol. The van der Waals surface area contributed by atoms with Gasteiger partial charge in [0, 0.05) is 37.9 Å². The number of halogens is 3. The Labute approximate surface area is 208 Å². The molecule has 1 aliphatic carbocycles. The van der Waals surface area contributed by atoms with Crippen LogP contribution in [0.15, 0.2) is 0 Å². The van der Waals surface area contributed by atoms with Gasteiger partial charge in [-0.2, -0.15) is 18.3 Å². The second-order valence-corrected chi connectivity index (χ2v) is 10.9. The zero-order valence-corrected chi connectivity index (χ0v) is 21.3. The number of thiazole rings is 1. The Balaban J connectivity index is 1.14. The van der Waals surface area contributed by atoms with Crippen molar-refractivity contribution in [1.82, 2.24) is 24.6 Å². The summed E-state index contributed by atoms with van der Waals surface area (Å²) in [5, 5.41) is 4.34. The molecule has 3 heterocycles. The molecular formula is C24H34F3N5O2S. The van der Waals surface area contributed by atoms with Crippen molar-refractivity contribution >= 4 is 17.1 Å². The Kier molecular flexibility index (Phi) is 8.46. The first-order chi connectivity index (χ1) is 16.6. The maximum Gasteiger partial charge on any atom is 0.422 e. The number of ketones is 1. The summed E-state index contributed by atoms with van der Waals surface area (Å²) < 4.78 is 43.7. The monoisotopic (exact) mass is 513 g/mol. The molecule has 0 atom stereocenters. The van der Waals surface area contributed by atoms with Gasteiger partial charge in [-0.05, 0) is 51.0 Å². The van der Waals surface area contributed by atoms with Gasteiger partial charge in [0.05, 0.1) is 12.1 Å². The van der Waals surface area contributed by atoms with Crippen molar-refractivity contribution in [3.05, 3.63) is 22.2 Å². The summed E-state index contributed by atoms with van der Waals surface area (Å²) in [6.45, 7) is 3.36. The normalized spacial score (nSPS) is 21.5. The van der Waals surface area contributed by atoms with Crippen LogP contribution in [0.5, 0.6) is 5.19 Å². The van der Waals surface area contributed by atoms with Crippen molar-refractivity contribution in [2.24, 2.45) is 18.9 Å². The van der Waals surface area contributed by atoms with Crippen LogP contribution >= 0.6 is 11.3 Å². The first kappa shape index (κ1) is 26.1. The van der Waals surface area contributed by atoms with Gasteiger partial charge in [0.25, 0.3) is 5.19 Å². The van der Waals surface area contributed by atoms with Gasteiger partial charge in [-0.1, -0.05) is 24.2 Å². The van der Waals surface area contributed by atoms with Crippen molar-refractivity contribution in [3.8, 4) is 5.19 Å². The number of rotatable bonds is 9. The molecule has 2 aliphatic rings. The second kappa shape index (κ2) is 11.4. The molecule has 0 saturated heterocycles. The molecule has 0 unspecified atom stereocenters. The van der Waals surface area contributed by atoms with Gasteiger partial charge in [-0.3, -0.25) is 9.48 Å². The SMILES string of the molecule is Cc1nc(CC(=O)CC2CCC(CCN3CCc4nc(OCC(F)(F)F)sc4CC3)CC2)n(C)n1. The zero-order chi connectivity index (χ0) is 25.0. The summed E-state index contributed by atoms with van der Waals surface area (Å²) >= 11 is 1.25. The molecule has 0 spiro atoms. The van der Waals surface area contributed by atoms with Crippen LogP contribution in [0.25, 0.3) is 0 Å². The number of carbonyl (C=O) groups excluding carboxylic acids is 1. The second-order valence-electron chi connectivity index (χ2n) is 9.89. The van der Waals surface area contributed by atoms with E-state index in [-0.39, 0.29) is 11.0 Å². The summed E-state index contributed by atoms with van der Waals surface area (Å²) in [7, 11) is 1.83. The van der Waals surface area contributed by atoms with E-state index in [1.807, 2.05) is 14.0 Å². The Hall–Kier alpha value is -2.01. The number of aromatic nitrogens is 4. The van der Waals surface area contributed by atoms with E-state index in [0.29, 0.717) is 30.5 Å². The highest BCUT2D eigenvalue weighted by atomic mass is 32.1. The number of fused-ring (bicyclic) bond motifs is 1. The van der Waals surface area contributed by atoms with Crippen molar-refractivity contribution in [1.29, 1.82) is 0 Å². The molecular weight excluding hydrogens is 479 g/mol. The molecule has 0 bridgehead atoms. The number of aryl methyl sites for hydroxylation is 2. The van der Waals surface area contributed by atoms with Gasteiger partial charge < -0.3 is 9.64 Å². The molecule has 1 fully saturated rings. The van der Waals surface area contributed by atoms with E-state index in [1.165, 1.54) is 24.2 Å². The predicted octanol–water partition coefficient (Wildman–Crippen LogP) is 4.32. The Morgan fingerprint density at radius 3 is 2.51 bits per heavy atom. The molecule has 194 valence electrons. The molecule has 0 aromatic carbocycles. The average Bonchev–Trinajstić information content (AvgIpc) is 3.27. The number of Topliss-reactive ketones (excluding diaryl/α,β-unsaturated/α-hetero) is 1. The third-order valence-electron chi connectivity index (χ3n) is 7.09. The van der Waals surface area contributed by atoms with Gasteiger partial charge in [0.2, 0.25) is 0 Å². The Morgan fingerprint density at radius 2 is 1.83 bits per heavy atom. The number of hydrogen-bond acceptors (Lipinski definition) is 7. The minimum atomic E-state index is -4.34. The Bertz CT molecular complexity index is 972. The summed E-state index contributed by atoms with van der Waals surface area (Å²) in [6, 6.07) is 0. The molecule has 0 radical (unpaired) electrons. The molecule has 35 heavy (non-hydrogen) atoms. The van der Waals surface area contributed by atoms with Crippen molar-refractivity contribution in [3.63, 3.8) is 0 Å². The maximum absolute atomic E-state index is 12.5. The van der Waals surface area contributed by atoms with Crippen molar-refractivity contribution < 1.29 is 22.7 Å². The number of hydrogen-bond donors (Lipinski definition) is 0. The van der Waals surface area contributed by atoms with E-state index in [4.69, 9.17) is 4.74 Å². The third-order valence-corrected chi connectivity index (χ3v) is 8.16. The standard InChI is InChI=1S/C24H34F3N5O2S/c1-16-28-22(31(2)30-16)14-19(33)13-18-5-3-17(4-6-18)7-10-32-11-8-20-21(9-12-32)35-23(29-20)34-15-24(25,26)27/h17-18H,3-15H2,1-2H3. The fraction of sp³-hybridized carbons (Fsp3) is 0.750. The van der Waals surface area contributed by atoms with Crippen molar-refractivity contribution in [2.45, 2.75) is 70.9 Å². The number of carbonyl (C=O) groups is 1. The van der Waals surface area contributed by atoms with Crippen LogP contribution < -0.4 is 4.74 Å². The van der Waals surface area contributed by atoms with Crippen LogP contribution in [0.1, 0.15) is 60.7 Å². The quantitative estimate of drug-likeness (QED) is 0.497. The zero-order valence-electron chi connectivity index (χ0n) is 20.4. The highest BCUT2D eigenvalue weighted by molar-refractivity contribution is 7.13. The Morgan fingerprint density at radius 1 is 1.11 bits per heavy atom.